The summed E-state index contributed by atoms with van der Waals surface area (Å²) in [6.45, 7) is 4.23. The minimum absolute atomic E-state index is 0.434. The van der Waals surface area contributed by atoms with Crippen LogP contribution in [-0.2, 0) is 0 Å². The molecule has 1 unspecified atom stereocenters. The smallest absolute Gasteiger partial charge is 0.243 e. The third-order valence-corrected chi connectivity index (χ3v) is 3.42. The van der Waals surface area contributed by atoms with Gasteiger partial charge in [-0.1, -0.05) is 6.92 Å². The molecule has 0 aliphatic carbocycles. The molecule has 17 heavy (non-hydrogen) atoms. The van der Waals surface area contributed by atoms with E-state index in [0.717, 1.165) is 23.8 Å². The monoisotopic (exact) mass is 250 g/mol. The van der Waals surface area contributed by atoms with Crippen molar-refractivity contribution in [1.29, 1.82) is 0 Å². The molecule has 92 valence electrons. The second-order valence-electron chi connectivity index (χ2n) is 4.15. The van der Waals surface area contributed by atoms with Gasteiger partial charge in [0.25, 0.3) is 0 Å². The van der Waals surface area contributed by atoms with Crippen LogP contribution >= 0.6 is 11.8 Å². The largest absolute Gasteiger partial charge is 0.349 e. The number of hydrogen-bond donors (Lipinski definition) is 1. The van der Waals surface area contributed by atoms with Gasteiger partial charge in [0.1, 0.15) is 0 Å². The zero-order valence-electron chi connectivity index (χ0n) is 10.5. The first-order valence-electron chi connectivity index (χ1n) is 5.81. The quantitative estimate of drug-likeness (QED) is 0.885. The van der Waals surface area contributed by atoms with Gasteiger partial charge in [-0.05, 0) is 37.3 Å². The summed E-state index contributed by atoms with van der Waals surface area (Å²) in [6.07, 6.45) is 5.14. The van der Waals surface area contributed by atoms with Crippen LogP contribution in [0.15, 0.2) is 18.3 Å². The van der Waals surface area contributed by atoms with E-state index in [2.05, 4.69) is 35.5 Å². The van der Waals surface area contributed by atoms with Gasteiger partial charge in [0.2, 0.25) is 5.95 Å². The van der Waals surface area contributed by atoms with Crippen molar-refractivity contribution in [2.75, 3.05) is 17.3 Å². The fraction of sp³-hybridized carbons (Fsp3) is 0.500. The van der Waals surface area contributed by atoms with Crippen molar-refractivity contribution >= 4 is 23.4 Å². The molecule has 0 amide bonds. The predicted octanol–water partition coefficient (Wildman–Crippen LogP) is 2.59. The van der Waals surface area contributed by atoms with Crippen molar-refractivity contribution in [3.63, 3.8) is 0 Å². The van der Waals surface area contributed by atoms with E-state index < -0.39 is 0 Å². The number of aryl methyl sites for hydroxylation is 1. The minimum atomic E-state index is 0.434. The third kappa shape index (κ3) is 2.91. The Morgan fingerprint density at radius 3 is 3.06 bits per heavy atom. The third-order valence-electron chi connectivity index (χ3n) is 2.69. The van der Waals surface area contributed by atoms with Crippen LogP contribution in [0.25, 0.3) is 5.65 Å². The Balaban J connectivity index is 2.18. The molecule has 0 spiro atoms. The van der Waals surface area contributed by atoms with Crippen molar-refractivity contribution in [2.24, 2.45) is 0 Å². The summed E-state index contributed by atoms with van der Waals surface area (Å²) in [6, 6.07) is 4.50. The topological polar surface area (TPSA) is 42.2 Å². The summed E-state index contributed by atoms with van der Waals surface area (Å²) in [5.41, 5.74) is 2.10. The predicted molar refractivity (Wildman–Crippen MR) is 73.8 cm³/mol. The zero-order valence-corrected chi connectivity index (χ0v) is 11.3. The number of thioether (sulfide) groups is 1. The molecule has 0 aliphatic rings. The molecule has 2 aromatic rings. The maximum absolute atomic E-state index is 4.48. The lowest BCUT2D eigenvalue weighted by molar-refractivity contribution is 0.762. The molecule has 2 aromatic heterocycles. The summed E-state index contributed by atoms with van der Waals surface area (Å²) in [4.78, 5) is 4.48. The molecule has 5 heteroatoms. The number of hydrogen-bond acceptors (Lipinski definition) is 4. The lowest BCUT2D eigenvalue weighted by Crippen LogP contribution is -2.21. The first kappa shape index (κ1) is 12.2. The molecule has 0 aromatic carbocycles. The number of rotatable bonds is 5. The van der Waals surface area contributed by atoms with Gasteiger partial charge in [-0.3, -0.25) is 0 Å². The van der Waals surface area contributed by atoms with E-state index in [0.29, 0.717) is 6.04 Å². The molecule has 2 rings (SSSR count). The van der Waals surface area contributed by atoms with Crippen molar-refractivity contribution in [1.82, 2.24) is 14.6 Å². The Labute approximate surface area is 106 Å². The van der Waals surface area contributed by atoms with Crippen LogP contribution in [0, 0.1) is 6.92 Å². The van der Waals surface area contributed by atoms with Crippen LogP contribution in [0.3, 0.4) is 0 Å². The Morgan fingerprint density at radius 2 is 2.35 bits per heavy atom. The van der Waals surface area contributed by atoms with Crippen LogP contribution in [0.1, 0.15) is 18.9 Å². The lowest BCUT2D eigenvalue weighted by atomic mass is 10.3. The molecule has 0 saturated heterocycles. The zero-order chi connectivity index (χ0) is 12.3. The van der Waals surface area contributed by atoms with Gasteiger partial charge in [-0.25, -0.2) is 4.52 Å². The lowest BCUT2D eigenvalue weighted by Gasteiger charge is -2.13. The first-order valence-corrected chi connectivity index (χ1v) is 7.21. The Morgan fingerprint density at radius 1 is 1.53 bits per heavy atom. The van der Waals surface area contributed by atoms with E-state index in [1.54, 1.807) is 4.52 Å². The first-order chi connectivity index (χ1) is 8.22. The van der Waals surface area contributed by atoms with E-state index >= 15 is 0 Å². The average molecular weight is 250 g/mol. The average Bonchev–Trinajstić information content (AvgIpc) is 2.69. The fourth-order valence-corrected chi connectivity index (χ4v) is 2.41. The van der Waals surface area contributed by atoms with Gasteiger partial charge in [0.05, 0.1) is 0 Å². The van der Waals surface area contributed by atoms with Crippen LogP contribution in [0.4, 0.5) is 5.95 Å². The maximum Gasteiger partial charge on any atom is 0.243 e. The van der Waals surface area contributed by atoms with E-state index in [-0.39, 0.29) is 0 Å². The highest BCUT2D eigenvalue weighted by atomic mass is 32.2. The van der Waals surface area contributed by atoms with Crippen molar-refractivity contribution in [2.45, 2.75) is 26.3 Å². The summed E-state index contributed by atoms with van der Waals surface area (Å²) >= 11 is 1.84. The highest BCUT2D eigenvalue weighted by Gasteiger charge is 2.09. The summed E-state index contributed by atoms with van der Waals surface area (Å²) in [5.74, 6) is 1.79. The van der Waals surface area contributed by atoms with Gasteiger partial charge < -0.3 is 5.32 Å². The number of nitrogens with zero attached hydrogens (tertiary/aromatic N) is 3. The number of anilines is 1. The molecule has 0 radical (unpaired) electrons. The van der Waals surface area contributed by atoms with Gasteiger partial charge in [-0.2, -0.15) is 16.7 Å². The summed E-state index contributed by atoms with van der Waals surface area (Å²) < 4.78 is 1.81. The van der Waals surface area contributed by atoms with Gasteiger partial charge in [0, 0.05) is 18.0 Å². The van der Waals surface area contributed by atoms with E-state index in [1.165, 1.54) is 5.56 Å². The molecule has 4 nitrogen and oxygen atoms in total. The number of fused-ring (bicyclic) bond motifs is 1. The number of pyridine rings is 1. The molecular formula is C12H18N4S. The molecule has 0 aliphatic heterocycles. The molecular weight excluding hydrogens is 232 g/mol. The molecule has 1 N–H and O–H groups in total. The normalized spacial score (nSPS) is 12.9. The maximum atomic E-state index is 4.48. The van der Waals surface area contributed by atoms with Crippen molar-refractivity contribution < 1.29 is 0 Å². The molecule has 2 heterocycles. The van der Waals surface area contributed by atoms with E-state index in [9.17, 15) is 0 Å². The molecule has 0 fully saturated rings. The second kappa shape index (κ2) is 5.40. The minimum Gasteiger partial charge on any atom is -0.349 e. The van der Waals surface area contributed by atoms with Crippen molar-refractivity contribution in [3.8, 4) is 0 Å². The van der Waals surface area contributed by atoms with Crippen LogP contribution in [-0.4, -0.2) is 32.6 Å². The second-order valence-corrected chi connectivity index (χ2v) is 5.06. The Hall–Kier alpha value is -1.23. The number of nitrogens with one attached hydrogen (secondary N) is 1. The fourth-order valence-electron chi connectivity index (χ4n) is 1.69. The molecule has 0 saturated carbocycles. The Bertz CT molecular complexity index is 494. The summed E-state index contributed by atoms with van der Waals surface area (Å²) in [7, 11) is 0. The highest BCUT2D eigenvalue weighted by Crippen LogP contribution is 2.11. The summed E-state index contributed by atoms with van der Waals surface area (Å²) in [5, 5.41) is 7.78. The van der Waals surface area contributed by atoms with Gasteiger partial charge >= 0.3 is 0 Å². The Kier molecular flexibility index (Phi) is 3.89. The number of aromatic nitrogens is 3. The standard InChI is InChI=1S/C12H18N4S/c1-4-10(8-17-3)13-12-14-11-7-9(2)5-6-16(11)15-12/h5-7,10H,4,8H2,1-3H3,(H,13,15). The molecule has 1 atom stereocenters. The van der Waals surface area contributed by atoms with Gasteiger partial charge in [-0.15, -0.1) is 5.10 Å². The molecule has 0 bridgehead atoms. The SMILES string of the molecule is CCC(CSC)Nc1nc2cc(C)ccn2n1. The van der Waals surface area contributed by atoms with Crippen LogP contribution < -0.4 is 5.32 Å². The van der Waals surface area contributed by atoms with Crippen LogP contribution in [0.2, 0.25) is 0 Å². The van der Waals surface area contributed by atoms with E-state index in [1.807, 2.05) is 30.1 Å². The van der Waals surface area contributed by atoms with Crippen molar-refractivity contribution in [3.05, 3.63) is 23.9 Å². The van der Waals surface area contributed by atoms with Crippen LogP contribution in [0.5, 0.6) is 0 Å². The van der Waals surface area contributed by atoms with E-state index in [4.69, 9.17) is 0 Å². The van der Waals surface area contributed by atoms with Gasteiger partial charge in [0.15, 0.2) is 5.65 Å². The highest BCUT2D eigenvalue weighted by molar-refractivity contribution is 7.98.